The van der Waals surface area contributed by atoms with Crippen LogP contribution in [0.1, 0.15) is 32.6 Å². The van der Waals surface area contributed by atoms with Crippen molar-refractivity contribution in [3.63, 3.8) is 0 Å². The summed E-state index contributed by atoms with van der Waals surface area (Å²) in [6.07, 6.45) is 3.23. The fourth-order valence-corrected chi connectivity index (χ4v) is 2.09. The minimum atomic E-state index is -0.177. The van der Waals surface area contributed by atoms with E-state index >= 15 is 0 Å². The Hall–Kier alpha value is -0.900. The molecule has 0 amide bonds. The quantitative estimate of drug-likeness (QED) is 0.639. The van der Waals surface area contributed by atoms with Crippen molar-refractivity contribution in [3.8, 4) is 0 Å². The van der Waals surface area contributed by atoms with Crippen LogP contribution >= 0.6 is 0 Å². The SMILES string of the molecule is COC(=O)CCN1CCCC1CC(C)=O. The number of Topliss-reactive ketones (excluding diaryl/α,β-unsaturated/α-hetero) is 1. The van der Waals surface area contributed by atoms with Crippen molar-refractivity contribution in [1.29, 1.82) is 0 Å². The first kappa shape index (κ1) is 12.2. The number of hydrogen-bond acceptors (Lipinski definition) is 4. The molecular formula is C11H19NO3. The van der Waals surface area contributed by atoms with Crippen molar-refractivity contribution in [3.05, 3.63) is 0 Å². The van der Waals surface area contributed by atoms with Gasteiger partial charge in [-0.25, -0.2) is 0 Å². The van der Waals surface area contributed by atoms with E-state index in [-0.39, 0.29) is 11.8 Å². The van der Waals surface area contributed by atoms with Gasteiger partial charge in [-0.05, 0) is 26.3 Å². The molecule has 0 spiro atoms. The third kappa shape index (κ3) is 4.00. The van der Waals surface area contributed by atoms with E-state index in [4.69, 9.17) is 0 Å². The van der Waals surface area contributed by atoms with Crippen molar-refractivity contribution in [2.24, 2.45) is 0 Å². The van der Waals surface area contributed by atoms with E-state index in [2.05, 4.69) is 9.64 Å². The fourth-order valence-electron chi connectivity index (χ4n) is 2.09. The Morgan fingerprint density at radius 1 is 1.47 bits per heavy atom. The van der Waals surface area contributed by atoms with Crippen molar-refractivity contribution in [2.75, 3.05) is 20.2 Å². The minimum Gasteiger partial charge on any atom is -0.469 e. The molecule has 1 fully saturated rings. The maximum absolute atomic E-state index is 11.0. The molecule has 1 atom stereocenters. The summed E-state index contributed by atoms with van der Waals surface area (Å²) in [6, 6.07) is 0.340. The van der Waals surface area contributed by atoms with Gasteiger partial charge < -0.3 is 4.74 Å². The summed E-state index contributed by atoms with van der Waals surface area (Å²) >= 11 is 0. The molecule has 15 heavy (non-hydrogen) atoms. The largest absolute Gasteiger partial charge is 0.469 e. The molecule has 1 aliphatic rings. The number of nitrogens with zero attached hydrogens (tertiary/aromatic N) is 1. The maximum atomic E-state index is 11.0. The molecule has 1 aliphatic heterocycles. The topological polar surface area (TPSA) is 46.6 Å². The number of hydrogen-bond donors (Lipinski definition) is 0. The number of carbonyl (C=O) groups is 2. The third-order valence-electron chi connectivity index (χ3n) is 2.85. The third-order valence-corrected chi connectivity index (χ3v) is 2.85. The van der Waals surface area contributed by atoms with Gasteiger partial charge >= 0.3 is 5.97 Å². The molecular weight excluding hydrogens is 194 g/mol. The van der Waals surface area contributed by atoms with E-state index in [1.165, 1.54) is 7.11 Å². The number of likely N-dealkylation sites (tertiary alicyclic amines) is 1. The second-order valence-corrected chi connectivity index (χ2v) is 4.06. The number of carbonyl (C=O) groups excluding carboxylic acids is 2. The molecule has 0 aliphatic carbocycles. The molecule has 1 heterocycles. The van der Waals surface area contributed by atoms with E-state index in [9.17, 15) is 9.59 Å². The first-order chi connectivity index (χ1) is 7.13. The summed E-state index contributed by atoms with van der Waals surface area (Å²) in [4.78, 5) is 24.2. The standard InChI is InChI=1S/C11H19NO3/c1-9(13)8-10-4-3-6-12(10)7-5-11(14)15-2/h10H,3-8H2,1-2H3. The zero-order valence-electron chi connectivity index (χ0n) is 9.49. The number of rotatable bonds is 5. The minimum absolute atomic E-state index is 0.177. The predicted octanol–water partition coefficient (Wildman–Crippen LogP) is 0.993. The van der Waals surface area contributed by atoms with Crippen LogP contribution in [0.2, 0.25) is 0 Å². The van der Waals surface area contributed by atoms with Crippen molar-refractivity contribution >= 4 is 11.8 Å². The van der Waals surface area contributed by atoms with E-state index < -0.39 is 0 Å². The second-order valence-electron chi connectivity index (χ2n) is 4.06. The summed E-state index contributed by atoms with van der Waals surface area (Å²) in [7, 11) is 1.40. The summed E-state index contributed by atoms with van der Waals surface area (Å²) < 4.78 is 4.59. The van der Waals surface area contributed by atoms with Gasteiger partial charge in [0, 0.05) is 19.0 Å². The molecule has 4 heteroatoms. The highest BCUT2D eigenvalue weighted by molar-refractivity contribution is 5.76. The van der Waals surface area contributed by atoms with E-state index in [0.717, 1.165) is 19.4 Å². The van der Waals surface area contributed by atoms with Gasteiger partial charge in [0.05, 0.1) is 13.5 Å². The molecule has 0 saturated carbocycles. The molecule has 86 valence electrons. The Bertz CT molecular complexity index is 240. The van der Waals surface area contributed by atoms with Crippen LogP contribution in [-0.2, 0) is 14.3 Å². The average Bonchev–Trinajstić information content (AvgIpc) is 2.61. The smallest absolute Gasteiger partial charge is 0.306 e. The van der Waals surface area contributed by atoms with E-state index in [1.807, 2.05) is 0 Å². The van der Waals surface area contributed by atoms with Gasteiger partial charge in [-0.15, -0.1) is 0 Å². The fraction of sp³-hybridized carbons (Fsp3) is 0.818. The Balaban J connectivity index is 2.33. The lowest BCUT2D eigenvalue weighted by Crippen LogP contribution is -2.32. The lowest BCUT2D eigenvalue weighted by atomic mass is 10.1. The molecule has 0 aromatic carbocycles. The van der Waals surface area contributed by atoms with E-state index in [1.54, 1.807) is 6.92 Å². The summed E-state index contributed by atoms with van der Waals surface area (Å²) in [5.74, 6) is 0.0495. The Morgan fingerprint density at radius 3 is 2.80 bits per heavy atom. The first-order valence-corrected chi connectivity index (χ1v) is 5.43. The number of esters is 1. The lowest BCUT2D eigenvalue weighted by Gasteiger charge is -2.22. The summed E-state index contributed by atoms with van der Waals surface area (Å²) in [6.45, 7) is 3.33. The Kier molecular flexibility index (Phi) is 4.75. The van der Waals surface area contributed by atoms with Crippen molar-refractivity contribution in [1.82, 2.24) is 4.90 Å². The monoisotopic (exact) mass is 213 g/mol. The highest BCUT2D eigenvalue weighted by atomic mass is 16.5. The number of ketones is 1. The molecule has 1 unspecified atom stereocenters. The highest BCUT2D eigenvalue weighted by Gasteiger charge is 2.25. The van der Waals surface area contributed by atoms with Crippen LogP contribution in [-0.4, -0.2) is 42.9 Å². The molecule has 1 saturated heterocycles. The average molecular weight is 213 g/mol. The molecule has 4 nitrogen and oxygen atoms in total. The molecule has 0 aromatic rings. The van der Waals surface area contributed by atoms with Crippen LogP contribution in [0.5, 0.6) is 0 Å². The Morgan fingerprint density at radius 2 is 2.20 bits per heavy atom. The van der Waals surface area contributed by atoms with Crippen LogP contribution in [0.15, 0.2) is 0 Å². The molecule has 0 N–H and O–H groups in total. The van der Waals surface area contributed by atoms with Crippen LogP contribution in [0.4, 0.5) is 0 Å². The van der Waals surface area contributed by atoms with Gasteiger partial charge in [0.2, 0.25) is 0 Å². The first-order valence-electron chi connectivity index (χ1n) is 5.43. The number of methoxy groups -OCH3 is 1. The molecule has 0 aromatic heterocycles. The van der Waals surface area contributed by atoms with Crippen LogP contribution in [0.3, 0.4) is 0 Å². The lowest BCUT2D eigenvalue weighted by molar-refractivity contribution is -0.141. The summed E-state index contributed by atoms with van der Waals surface area (Å²) in [5, 5.41) is 0. The van der Waals surface area contributed by atoms with Gasteiger partial charge in [-0.2, -0.15) is 0 Å². The Labute approximate surface area is 90.6 Å². The molecule has 0 radical (unpaired) electrons. The van der Waals surface area contributed by atoms with Gasteiger partial charge in [0.25, 0.3) is 0 Å². The highest BCUT2D eigenvalue weighted by Crippen LogP contribution is 2.20. The van der Waals surface area contributed by atoms with Crippen molar-refractivity contribution < 1.29 is 14.3 Å². The van der Waals surface area contributed by atoms with E-state index in [0.29, 0.717) is 25.4 Å². The maximum Gasteiger partial charge on any atom is 0.306 e. The van der Waals surface area contributed by atoms with Gasteiger partial charge in [-0.1, -0.05) is 0 Å². The molecule has 0 bridgehead atoms. The predicted molar refractivity (Wildman–Crippen MR) is 56.5 cm³/mol. The van der Waals surface area contributed by atoms with Gasteiger partial charge in [0.15, 0.2) is 0 Å². The second kappa shape index (κ2) is 5.85. The summed E-state index contributed by atoms with van der Waals surface area (Å²) in [5.41, 5.74) is 0. The zero-order valence-corrected chi connectivity index (χ0v) is 9.49. The zero-order chi connectivity index (χ0) is 11.3. The van der Waals surface area contributed by atoms with Crippen molar-refractivity contribution in [2.45, 2.75) is 38.6 Å². The normalized spacial score (nSPS) is 21.6. The number of ether oxygens (including phenoxy) is 1. The van der Waals surface area contributed by atoms with Gasteiger partial charge in [0.1, 0.15) is 5.78 Å². The van der Waals surface area contributed by atoms with Gasteiger partial charge in [-0.3, -0.25) is 14.5 Å². The van der Waals surface area contributed by atoms with Crippen LogP contribution < -0.4 is 0 Å². The molecule has 1 rings (SSSR count). The van der Waals surface area contributed by atoms with Crippen LogP contribution in [0, 0.1) is 0 Å². The van der Waals surface area contributed by atoms with Crippen LogP contribution in [0.25, 0.3) is 0 Å².